The Balaban J connectivity index is 2.77. The zero-order valence-electron chi connectivity index (χ0n) is 6.38. The second-order valence-corrected chi connectivity index (χ2v) is 2.04. The van der Waals surface area contributed by atoms with Gasteiger partial charge in [0.25, 0.3) is 0 Å². The number of aliphatic hydroxyl groups is 1. The molecule has 0 aromatic rings. The summed E-state index contributed by atoms with van der Waals surface area (Å²) in [5.74, 6) is 0. The Hall–Kier alpha value is -0.120. The van der Waals surface area contributed by atoms with Crippen LogP contribution in [0.25, 0.3) is 0 Å². The quantitative estimate of drug-likeness (QED) is 0.547. The van der Waals surface area contributed by atoms with Crippen LogP contribution in [-0.2, 0) is 9.47 Å². The molecule has 0 saturated carbocycles. The third-order valence-corrected chi connectivity index (χ3v) is 0.875. The summed E-state index contributed by atoms with van der Waals surface area (Å²) in [5.41, 5.74) is 0. The van der Waals surface area contributed by atoms with E-state index in [-0.39, 0.29) is 6.10 Å². The fraction of sp³-hybridized carbons (Fsp3) is 0.857. The standard InChI is InChI=1S/C7H15O3/c1-3-9-4-5-10-6-7(2)8/h7-8H,1,3-6H2,2H3. The van der Waals surface area contributed by atoms with Crippen LogP contribution < -0.4 is 0 Å². The average molecular weight is 147 g/mol. The lowest BCUT2D eigenvalue weighted by molar-refractivity contribution is 0.0144. The number of hydrogen-bond donors (Lipinski definition) is 1. The van der Waals surface area contributed by atoms with Gasteiger partial charge in [0.15, 0.2) is 0 Å². The Kier molecular flexibility index (Phi) is 6.91. The second-order valence-electron chi connectivity index (χ2n) is 2.04. The molecule has 3 heteroatoms. The monoisotopic (exact) mass is 147 g/mol. The Morgan fingerprint density at radius 1 is 1.40 bits per heavy atom. The molecule has 0 aliphatic carbocycles. The smallest absolute Gasteiger partial charge is 0.0745 e. The molecule has 0 fully saturated rings. The minimum Gasteiger partial charge on any atom is -0.391 e. The fourth-order valence-corrected chi connectivity index (χ4v) is 0.474. The van der Waals surface area contributed by atoms with E-state index in [1.165, 1.54) is 0 Å². The maximum absolute atomic E-state index is 8.73. The molecule has 0 spiro atoms. The van der Waals surface area contributed by atoms with Crippen molar-refractivity contribution < 1.29 is 14.6 Å². The lowest BCUT2D eigenvalue weighted by Gasteiger charge is -2.05. The van der Waals surface area contributed by atoms with Crippen molar-refractivity contribution in [3.63, 3.8) is 0 Å². The molecule has 0 heterocycles. The molecule has 0 aliphatic rings. The van der Waals surface area contributed by atoms with Gasteiger partial charge in [-0.15, -0.1) is 0 Å². The summed E-state index contributed by atoms with van der Waals surface area (Å²) in [7, 11) is 0. The zero-order valence-corrected chi connectivity index (χ0v) is 6.38. The third kappa shape index (κ3) is 7.88. The Morgan fingerprint density at radius 3 is 2.50 bits per heavy atom. The second kappa shape index (κ2) is 6.99. The van der Waals surface area contributed by atoms with Crippen LogP contribution in [0.2, 0.25) is 0 Å². The van der Waals surface area contributed by atoms with Gasteiger partial charge in [0.2, 0.25) is 0 Å². The molecule has 0 saturated heterocycles. The van der Waals surface area contributed by atoms with E-state index in [1.54, 1.807) is 6.92 Å². The van der Waals surface area contributed by atoms with Crippen molar-refractivity contribution in [2.45, 2.75) is 13.0 Å². The minimum absolute atomic E-state index is 0.375. The highest BCUT2D eigenvalue weighted by atomic mass is 16.5. The first kappa shape index (κ1) is 9.88. The van der Waals surface area contributed by atoms with E-state index in [0.29, 0.717) is 26.4 Å². The van der Waals surface area contributed by atoms with E-state index in [1.807, 2.05) is 0 Å². The van der Waals surface area contributed by atoms with Crippen LogP contribution in [0.5, 0.6) is 0 Å². The molecule has 1 atom stereocenters. The van der Waals surface area contributed by atoms with Crippen LogP contribution >= 0.6 is 0 Å². The Labute approximate surface area is 62.0 Å². The summed E-state index contributed by atoms with van der Waals surface area (Å²) >= 11 is 0. The number of hydrogen-bond acceptors (Lipinski definition) is 3. The molecule has 1 unspecified atom stereocenters. The van der Waals surface area contributed by atoms with Crippen molar-refractivity contribution >= 4 is 0 Å². The SMILES string of the molecule is [CH2]COCCOCC(C)O. The summed E-state index contributed by atoms with van der Waals surface area (Å²) in [5, 5.41) is 8.73. The van der Waals surface area contributed by atoms with E-state index in [2.05, 4.69) is 6.92 Å². The van der Waals surface area contributed by atoms with Crippen LogP contribution in [0.1, 0.15) is 6.92 Å². The predicted molar refractivity (Wildman–Crippen MR) is 38.7 cm³/mol. The van der Waals surface area contributed by atoms with Gasteiger partial charge in [-0.1, -0.05) is 0 Å². The molecule has 1 N–H and O–H groups in total. The zero-order chi connectivity index (χ0) is 7.82. The van der Waals surface area contributed by atoms with Crippen LogP contribution in [0.4, 0.5) is 0 Å². The van der Waals surface area contributed by atoms with E-state index in [4.69, 9.17) is 14.6 Å². The molecule has 1 radical (unpaired) electrons. The van der Waals surface area contributed by atoms with Gasteiger partial charge < -0.3 is 14.6 Å². The van der Waals surface area contributed by atoms with Crippen molar-refractivity contribution in [3.8, 4) is 0 Å². The Bertz CT molecular complexity index is 63.9. The third-order valence-electron chi connectivity index (χ3n) is 0.875. The maximum Gasteiger partial charge on any atom is 0.0745 e. The molecule has 0 aromatic heterocycles. The first-order valence-electron chi connectivity index (χ1n) is 3.40. The molecule has 0 amide bonds. The largest absolute Gasteiger partial charge is 0.391 e. The topological polar surface area (TPSA) is 38.7 Å². The van der Waals surface area contributed by atoms with Gasteiger partial charge in [0.1, 0.15) is 0 Å². The van der Waals surface area contributed by atoms with Gasteiger partial charge in [0, 0.05) is 6.61 Å². The molecule has 0 rings (SSSR count). The van der Waals surface area contributed by atoms with Gasteiger partial charge in [-0.25, -0.2) is 0 Å². The van der Waals surface area contributed by atoms with E-state index >= 15 is 0 Å². The van der Waals surface area contributed by atoms with Crippen molar-refractivity contribution in [3.05, 3.63) is 6.92 Å². The summed E-state index contributed by atoms with van der Waals surface area (Å²) in [6.07, 6.45) is -0.389. The summed E-state index contributed by atoms with van der Waals surface area (Å²) < 4.78 is 9.89. The van der Waals surface area contributed by atoms with Crippen molar-refractivity contribution in [2.24, 2.45) is 0 Å². The lowest BCUT2D eigenvalue weighted by Crippen LogP contribution is -2.13. The first-order chi connectivity index (χ1) is 4.77. The first-order valence-corrected chi connectivity index (χ1v) is 3.40. The highest BCUT2D eigenvalue weighted by Gasteiger charge is 1.93. The molecule has 0 aliphatic heterocycles. The normalized spacial score (nSPS) is 13.5. The fourth-order valence-electron chi connectivity index (χ4n) is 0.474. The van der Waals surface area contributed by atoms with Gasteiger partial charge in [-0.3, -0.25) is 0 Å². The average Bonchev–Trinajstić information content (AvgIpc) is 1.87. The molecule has 10 heavy (non-hydrogen) atoms. The number of aliphatic hydroxyl groups excluding tert-OH is 1. The van der Waals surface area contributed by atoms with Crippen molar-refractivity contribution in [1.82, 2.24) is 0 Å². The molecular formula is C7H15O3. The summed E-state index contributed by atoms with van der Waals surface area (Å²) in [6.45, 7) is 7.10. The maximum atomic E-state index is 8.73. The van der Waals surface area contributed by atoms with E-state index in [9.17, 15) is 0 Å². The van der Waals surface area contributed by atoms with Crippen LogP contribution in [0, 0.1) is 6.92 Å². The Morgan fingerprint density at radius 2 is 2.00 bits per heavy atom. The predicted octanol–water partition coefficient (Wildman–Crippen LogP) is 0.234. The summed E-state index contributed by atoms with van der Waals surface area (Å²) in [4.78, 5) is 0. The van der Waals surface area contributed by atoms with Crippen LogP contribution in [0.15, 0.2) is 0 Å². The van der Waals surface area contributed by atoms with Crippen molar-refractivity contribution in [1.29, 1.82) is 0 Å². The van der Waals surface area contributed by atoms with Gasteiger partial charge in [-0.05, 0) is 13.8 Å². The van der Waals surface area contributed by atoms with E-state index < -0.39 is 0 Å². The molecule has 3 nitrogen and oxygen atoms in total. The van der Waals surface area contributed by atoms with Crippen LogP contribution in [-0.4, -0.2) is 37.6 Å². The van der Waals surface area contributed by atoms with Gasteiger partial charge >= 0.3 is 0 Å². The number of rotatable bonds is 6. The van der Waals surface area contributed by atoms with E-state index in [0.717, 1.165) is 0 Å². The summed E-state index contributed by atoms with van der Waals surface area (Å²) in [6, 6.07) is 0. The highest BCUT2D eigenvalue weighted by molar-refractivity contribution is 4.41. The van der Waals surface area contributed by atoms with Gasteiger partial charge in [0.05, 0.1) is 25.9 Å². The minimum atomic E-state index is -0.389. The van der Waals surface area contributed by atoms with Crippen LogP contribution in [0.3, 0.4) is 0 Å². The lowest BCUT2D eigenvalue weighted by atomic mass is 10.4. The van der Waals surface area contributed by atoms with Crippen molar-refractivity contribution in [2.75, 3.05) is 26.4 Å². The highest BCUT2D eigenvalue weighted by Crippen LogP contribution is 1.82. The molecular weight excluding hydrogens is 132 g/mol. The molecule has 0 aromatic carbocycles. The molecule has 0 bridgehead atoms. The van der Waals surface area contributed by atoms with Gasteiger partial charge in [-0.2, -0.15) is 0 Å². The molecule has 61 valence electrons. The number of ether oxygens (including phenoxy) is 2.